The summed E-state index contributed by atoms with van der Waals surface area (Å²) in [6, 6.07) is -0.549. The van der Waals surface area contributed by atoms with Gasteiger partial charge in [0.1, 0.15) is 0 Å². The van der Waals surface area contributed by atoms with Crippen LogP contribution in [-0.4, -0.2) is 68.4 Å². The Morgan fingerprint density at radius 2 is 2.12 bits per heavy atom. The molecule has 0 radical (unpaired) electrons. The first-order valence-corrected chi connectivity index (χ1v) is 6.76. The minimum absolute atomic E-state index is 0.344. The molecule has 7 nitrogen and oxygen atoms in total. The highest BCUT2D eigenvalue weighted by Crippen LogP contribution is 2.16. The number of nitrogens with one attached hydrogen (secondary N) is 1. The van der Waals surface area contributed by atoms with Crippen molar-refractivity contribution in [1.82, 2.24) is 9.62 Å². The Balaban J connectivity index is 2.86. The number of ether oxygens (including phenoxy) is 1. The lowest BCUT2D eigenvalue weighted by Gasteiger charge is -2.27. The highest BCUT2D eigenvalue weighted by Gasteiger charge is 2.40. The fourth-order valence-electron chi connectivity index (χ4n) is 1.75. The first kappa shape index (κ1) is 14.4. The molecule has 3 atom stereocenters. The minimum Gasteiger partial charge on any atom is -0.468 e. The highest BCUT2D eigenvalue weighted by molar-refractivity contribution is 7.90. The van der Waals surface area contributed by atoms with Gasteiger partial charge in [-0.1, -0.05) is 0 Å². The molecule has 1 fully saturated rings. The average molecular weight is 266 g/mol. The van der Waals surface area contributed by atoms with Gasteiger partial charge in [-0.05, 0) is 6.92 Å². The quantitative estimate of drug-likeness (QED) is 0.580. The maximum absolute atomic E-state index is 12.0. The van der Waals surface area contributed by atoms with Crippen molar-refractivity contribution in [3.8, 4) is 0 Å². The molecule has 0 aromatic carbocycles. The standard InChI is InChI=1S/C9H18N2O5S/c1-6(9(13)16-3)17(14,15)11(2)7-4-10-5-8(7)12/h6-8,10,12H,4-5H2,1-3H3/t6?,7-,8-/m0/s1. The second-order valence-corrected chi connectivity index (χ2v) is 6.33. The molecule has 0 saturated carbocycles. The van der Waals surface area contributed by atoms with E-state index < -0.39 is 33.4 Å². The van der Waals surface area contributed by atoms with Crippen LogP contribution in [0.2, 0.25) is 0 Å². The molecule has 8 heteroatoms. The summed E-state index contributed by atoms with van der Waals surface area (Å²) >= 11 is 0. The zero-order valence-corrected chi connectivity index (χ0v) is 10.9. The summed E-state index contributed by atoms with van der Waals surface area (Å²) in [4.78, 5) is 11.3. The number of β-amino-alcohol motifs (C(OH)–C–C–N with tert-alkyl or cyclic N) is 1. The van der Waals surface area contributed by atoms with Gasteiger partial charge in [0, 0.05) is 20.1 Å². The van der Waals surface area contributed by atoms with E-state index in [0.29, 0.717) is 13.1 Å². The normalized spacial score (nSPS) is 27.1. The van der Waals surface area contributed by atoms with Gasteiger partial charge in [-0.2, -0.15) is 4.31 Å². The third-order valence-corrected chi connectivity index (χ3v) is 5.16. The van der Waals surface area contributed by atoms with Gasteiger partial charge in [0.15, 0.2) is 5.25 Å². The Morgan fingerprint density at radius 3 is 2.53 bits per heavy atom. The van der Waals surface area contributed by atoms with Gasteiger partial charge < -0.3 is 15.2 Å². The van der Waals surface area contributed by atoms with Gasteiger partial charge in [0.25, 0.3) is 0 Å². The van der Waals surface area contributed by atoms with Crippen LogP contribution in [0, 0.1) is 0 Å². The van der Waals surface area contributed by atoms with Crippen LogP contribution in [0.5, 0.6) is 0 Å². The summed E-state index contributed by atoms with van der Waals surface area (Å²) in [5.74, 6) is -0.808. The van der Waals surface area contributed by atoms with Gasteiger partial charge >= 0.3 is 5.97 Å². The molecule has 0 aromatic rings. The monoisotopic (exact) mass is 266 g/mol. The van der Waals surface area contributed by atoms with E-state index in [4.69, 9.17) is 0 Å². The number of nitrogens with zero attached hydrogens (tertiary/aromatic N) is 1. The van der Waals surface area contributed by atoms with Crippen LogP contribution in [-0.2, 0) is 19.6 Å². The van der Waals surface area contributed by atoms with Gasteiger partial charge in [-0.25, -0.2) is 8.42 Å². The van der Waals surface area contributed by atoms with Crippen LogP contribution in [0.15, 0.2) is 0 Å². The molecule has 1 unspecified atom stereocenters. The van der Waals surface area contributed by atoms with E-state index in [1.54, 1.807) is 0 Å². The third kappa shape index (κ3) is 2.76. The lowest BCUT2D eigenvalue weighted by atomic mass is 10.2. The first-order valence-electron chi connectivity index (χ1n) is 5.25. The number of methoxy groups -OCH3 is 1. The molecular weight excluding hydrogens is 248 g/mol. The number of aliphatic hydroxyl groups is 1. The molecule has 100 valence electrons. The van der Waals surface area contributed by atoms with Gasteiger partial charge in [0.2, 0.25) is 10.0 Å². The number of carbonyl (C=O) groups is 1. The number of likely N-dealkylation sites (N-methyl/N-ethyl adjacent to an activating group) is 1. The molecule has 0 spiro atoms. The zero-order valence-electron chi connectivity index (χ0n) is 10.1. The molecule has 1 saturated heterocycles. The number of aliphatic hydroxyl groups excluding tert-OH is 1. The summed E-state index contributed by atoms with van der Waals surface area (Å²) in [6.45, 7) is 1.98. The zero-order chi connectivity index (χ0) is 13.2. The van der Waals surface area contributed by atoms with Crippen LogP contribution in [0.4, 0.5) is 0 Å². The largest absolute Gasteiger partial charge is 0.468 e. The third-order valence-electron chi connectivity index (χ3n) is 3.00. The van der Waals surface area contributed by atoms with Crippen molar-refractivity contribution < 1.29 is 23.1 Å². The Bertz CT molecular complexity index is 383. The van der Waals surface area contributed by atoms with Crippen molar-refractivity contribution >= 4 is 16.0 Å². The van der Waals surface area contributed by atoms with Crippen LogP contribution < -0.4 is 5.32 Å². The second kappa shape index (κ2) is 5.30. The molecular formula is C9H18N2O5S. The maximum Gasteiger partial charge on any atom is 0.325 e. The SMILES string of the molecule is COC(=O)C(C)S(=O)(=O)N(C)[C@H]1CNC[C@@H]1O. The number of sulfonamides is 1. The van der Waals surface area contributed by atoms with Crippen molar-refractivity contribution in [2.24, 2.45) is 0 Å². The van der Waals surface area contributed by atoms with Gasteiger partial charge in [-0.3, -0.25) is 4.79 Å². The van der Waals surface area contributed by atoms with Crippen molar-refractivity contribution in [3.63, 3.8) is 0 Å². The van der Waals surface area contributed by atoms with E-state index in [0.717, 1.165) is 11.4 Å². The van der Waals surface area contributed by atoms with E-state index in [1.165, 1.54) is 14.0 Å². The summed E-state index contributed by atoms with van der Waals surface area (Å²) < 4.78 is 29.6. The first-order chi connectivity index (χ1) is 7.82. The number of rotatable bonds is 4. The molecule has 0 bridgehead atoms. The Morgan fingerprint density at radius 1 is 1.53 bits per heavy atom. The van der Waals surface area contributed by atoms with Crippen LogP contribution >= 0.6 is 0 Å². The van der Waals surface area contributed by atoms with Crippen LogP contribution in [0.3, 0.4) is 0 Å². The van der Waals surface area contributed by atoms with Crippen molar-refractivity contribution in [3.05, 3.63) is 0 Å². The van der Waals surface area contributed by atoms with E-state index in [2.05, 4.69) is 10.1 Å². The maximum atomic E-state index is 12.0. The van der Waals surface area contributed by atoms with E-state index in [9.17, 15) is 18.3 Å². The van der Waals surface area contributed by atoms with E-state index in [-0.39, 0.29) is 0 Å². The minimum atomic E-state index is -3.81. The van der Waals surface area contributed by atoms with Crippen molar-refractivity contribution in [2.45, 2.75) is 24.3 Å². The summed E-state index contributed by atoms with van der Waals surface area (Å²) in [5.41, 5.74) is 0. The van der Waals surface area contributed by atoms with Crippen LogP contribution in [0.1, 0.15) is 6.92 Å². The molecule has 0 aliphatic carbocycles. The summed E-state index contributed by atoms with van der Waals surface area (Å²) in [7, 11) is -1.31. The average Bonchev–Trinajstić information content (AvgIpc) is 2.72. The number of carbonyl (C=O) groups excluding carboxylic acids is 1. The van der Waals surface area contributed by atoms with Gasteiger partial charge in [0.05, 0.1) is 19.3 Å². The Kier molecular flexibility index (Phi) is 4.48. The predicted octanol–water partition coefficient (Wildman–Crippen LogP) is -1.86. The molecule has 17 heavy (non-hydrogen) atoms. The van der Waals surface area contributed by atoms with E-state index >= 15 is 0 Å². The molecule has 0 aromatic heterocycles. The highest BCUT2D eigenvalue weighted by atomic mass is 32.2. The Labute approximate surface area is 101 Å². The topological polar surface area (TPSA) is 95.9 Å². The number of hydrogen-bond donors (Lipinski definition) is 2. The molecule has 2 N–H and O–H groups in total. The molecule has 1 aliphatic heterocycles. The smallest absolute Gasteiger partial charge is 0.325 e. The summed E-state index contributed by atoms with van der Waals surface area (Å²) in [6.07, 6.45) is -0.764. The number of esters is 1. The van der Waals surface area contributed by atoms with Crippen molar-refractivity contribution in [1.29, 1.82) is 0 Å². The lowest BCUT2D eigenvalue weighted by molar-refractivity contribution is -0.139. The fraction of sp³-hybridized carbons (Fsp3) is 0.889. The lowest BCUT2D eigenvalue weighted by Crippen LogP contribution is -2.49. The molecule has 1 rings (SSSR count). The summed E-state index contributed by atoms with van der Waals surface area (Å²) in [5, 5.41) is 11.2. The van der Waals surface area contributed by atoms with Crippen LogP contribution in [0.25, 0.3) is 0 Å². The molecule has 1 aliphatic rings. The second-order valence-electron chi connectivity index (χ2n) is 4.02. The Hall–Kier alpha value is -0.700. The fourth-order valence-corrected chi connectivity index (χ4v) is 3.18. The van der Waals surface area contributed by atoms with Crippen molar-refractivity contribution in [2.75, 3.05) is 27.2 Å². The predicted molar refractivity (Wildman–Crippen MR) is 60.8 cm³/mol. The molecule has 1 heterocycles. The number of hydrogen-bond acceptors (Lipinski definition) is 6. The van der Waals surface area contributed by atoms with E-state index in [1.807, 2.05) is 0 Å². The molecule has 0 amide bonds. The van der Waals surface area contributed by atoms with Gasteiger partial charge in [-0.15, -0.1) is 0 Å².